The number of nitrogens with zero attached hydrogens (tertiary/aromatic N) is 2. The third-order valence-electron chi connectivity index (χ3n) is 1.88. The molecule has 1 aromatic rings. The number of thioether (sulfide) groups is 1. The molecule has 96 valence electrons. The van der Waals surface area contributed by atoms with Gasteiger partial charge in [-0.25, -0.2) is 9.38 Å². The maximum absolute atomic E-state index is 13.7. The predicted molar refractivity (Wildman–Crippen MR) is 71.5 cm³/mol. The van der Waals surface area contributed by atoms with Crippen molar-refractivity contribution in [3.63, 3.8) is 0 Å². The van der Waals surface area contributed by atoms with E-state index in [-0.39, 0.29) is 11.9 Å². The fraction of sp³-hybridized carbons (Fsp3) is 0.333. The second-order valence-electron chi connectivity index (χ2n) is 3.61. The lowest BCUT2D eigenvalue weighted by atomic mass is 10.3. The average molecular weight is 267 g/mol. The van der Waals surface area contributed by atoms with E-state index in [2.05, 4.69) is 10.3 Å². The summed E-state index contributed by atoms with van der Waals surface area (Å²) < 4.78 is 19.1. The van der Waals surface area contributed by atoms with Gasteiger partial charge < -0.3 is 4.74 Å². The second kappa shape index (κ2) is 6.87. The molecule has 1 rings (SSSR count). The minimum absolute atomic E-state index is 0.0961. The van der Waals surface area contributed by atoms with Gasteiger partial charge in [0.25, 0.3) is 0 Å². The Kier molecular flexibility index (Phi) is 5.46. The van der Waals surface area contributed by atoms with E-state index in [1.165, 1.54) is 17.8 Å². The molecule has 0 aliphatic heterocycles. The third kappa shape index (κ3) is 3.93. The number of rotatable bonds is 3. The molecule has 0 aromatic heterocycles. The molecule has 18 heavy (non-hydrogen) atoms. The van der Waals surface area contributed by atoms with Crippen LogP contribution in [0.3, 0.4) is 0 Å². The van der Waals surface area contributed by atoms with E-state index < -0.39 is 5.82 Å². The fourth-order valence-electron chi connectivity index (χ4n) is 1.22. The van der Waals surface area contributed by atoms with Crippen molar-refractivity contribution in [1.29, 1.82) is 5.26 Å². The van der Waals surface area contributed by atoms with Gasteiger partial charge in [-0.2, -0.15) is 5.26 Å². The molecule has 0 aliphatic rings. The van der Waals surface area contributed by atoms with Crippen LogP contribution in [0.5, 0.6) is 5.75 Å². The number of halogens is 1. The number of nitriles is 1. The van der Waals surface area contributed by atoms with E-state index in [4.69, 9.17) is 10.00 Å². The molecule has 0 spiro atoms. The number of para-hydroxylation sites is 1. The van der Waals surface area contributed by atoms with Gasteiger partial charge in [-0.3, -0.25) is 5.32 Å². The second-order valence-corrected chi connectivity index (χ2v) is 4.41. The van der Waals surface area contributed by atoms with Crippen molar-refractivity contribution in [2.45, 2.75) is 20.0 Å². The molecule has 0 unspecified atom stereocenters. The first-order valence-corrected chi connectivity index (χ1v) is 6.54. The molecule has 0 saturated carbocycles. The minimum atomic E-state index is -0.470. The largest absolute Gasteiger partial charge is 0.486 e. The van der Waals surface area contributed by atoms with E-state index in [0.29, 0.717) is 10.9 Å². The van der Waals surface area contributed by atoms with Gasteiger partial charge in [0.05, 0.1) is 6.10 Å². The van der Waals surface area contributed by atoms with Gasteiger partial charge in [0.2, 0.25) is 0 Å². The molecule has 0 saturated heterocycles. The maximum Gasteiger partial charge on any atom is 0.183 e. The fourth-order valence-corrected chi connectivity index (χ4v) is 1.56. The lowest BCUT2D eigenvalue weighted by Gasteiger charge is -2.13. The minimum Gasteiger partial charge on any atom is -0.486 e. The monoisotopic (exact) mass is 267 g/mol. The lowest BCUT2D eigenvalue weighted by molar-refractivity contribution is 0.232. The summed E-state index contributed by atoms with van der Waals surface area (Å²) in [5.41, 5.74) is 0.357. The van der Waals surface area contributed by atoms with Crippen LogP contribution in [0.15, 0.2) is 23.2 Å². The molecule has 0 fully saturated rings. The van der Waals surface area contributed by atoms with Crippen LogP contribution in [0.2, 0.25) is 0 Å². The van der Waals surface area contributed by atoms with Crippen molar-refractivity contribution >= 4 is 22.6 Å². The summed E-state index contributed by atoms with van der Waals surface area (Å²) in [6, 6.07) is 4.49. The van der Waals surface area contributed by atoms with Crippen LogP contribution in [-0.4, -0.2) is 17.5 Å². The van der Waals surface area contributed by atoms with E-state index in [1.54, 1.807) is 24.6 Å². The topological polar surface area (TPSA) is 57.4 Å². The van der Waals surface area contributed by atoms with Crippen LogP contribution in [0.25, 0.3) is 0 Å². The summed E-state index contributed by atoms with van der Waals surface area (Å²) >= 11 is 1.26. The molecule has 0 atom stereocenters. The Balaban J connectivity index is 3.15. The summed E-state index contributed by atoms with van der Waals surface area (Å²) in [6.45, 7) is 3.62. The Morgan fingerprint density at radius 2 is 2.28 bits per heavy atom. The highest BCUT2D eigenvalue weighted by atomic mass is 32.2. The molecule has 0 aliphatic carbocycles. The van der Waals surface area contributed by atoms with Crippen LogP contribution in [-0.2, 0) is 0 Å². The van der Waals surface area contributed by atoms with Gasteiger partial charge >= 0.3 is 0 Å². The molecular weight excluding hydrogens is 253 g/mol. The van der Waals surface area contributed by atoms with Crippen LogP contribution in [0, 0.1) is 17.3 Å². The Bertz CT molecular complexity index is 483. The summed E-state index contributed by atoms with van der Waals surface area (Å²) in [5.74, 6) is -0.374. The van der Waals surface area contributed by atoms with Crippen molar-refractivity contribution in [2.24, 2.45) is 4.99 Å². The number of benzene rings is 1. The Labute approximate surface area is 110 Å². The zero-order chi connectivity index (χ0) is 13.5. The third-order valence-corrected chi connectivity index (χ3v) is 2.46. The van der Waals surface area contributed by atoms with Crippen LogP contribution in [0.1, 0.15) is 13.8 Å². The molecule has 1 N–H and O–H groups in total. The first-order chi connectivity index (χ1) is 8.58. The number of hydrogen-bond acceptors (Lipinski definition) is 4. The van der Waals surface area contributed by atoms with Crippen molar-refractivity contribution < 1.29 is 9.13 Å². The highest BCUT2D eigenvalue weighted by Gasteiger charge is 2.11. The smallest absolute Gasteiger partial charge is 0.183 e. The number of hydrogen-bond donors (Lipinski definition) is 1. The number of nitrogens with one attached hydrogen (secondary N) is 1. The molecule has 0 amide bonds. The van der Waals surface area contributed by atoms with Crippen molar-refractivity contribution in [2.75, 3.05) is 6.26 Å². The van der Waals surface area contributed by atoms with Crippen LogP contribution < -0.4 is 10.1 Å². The zero-order valence-electron chi connectivity index (χ0n) is 10.4. The lowest BCUT2D eigenvalue weighted by Crippen LogP contribution is -2.13. The van der Waals surface area contributed by atoms with Gasteiger partial charge in [-0.15, -0.1) is 0 Å². The van der Waals surface area contributed by atoms with Gasteiger partial charge in [-0.1, -0.05) is 17.8 Å². The first-order valence-electron chi connectivity index (χ1n) is 5.31. The molecular formula is C12H14FN3OS. The van der Waals surface area contributed by atoms with Crippen molar-refractivity contribution in [3.05, 3.63) is 24.0 Å². The quantitative estimate of drug-likeness (QED) is 0.396. The standard InChI is InChI=1S/C12H14FN3OS/c1-8(2)17-11-9(13)5-4-6-10(11)16-12(18-3)15-7-14/h4-6,8H,1-3H3,(H,15,16). The SMILES string of the molecule is CSC(=Nc1cccc(F)c1OC(C)C)NC#N. The van der Waals surface area contributed by atoms with E-state index in [9.17, 15) is 4.39 Å². The van der Waals surface area contributed by atoms with Gasteiger partial charge in [-0.05, 0) is 32.2 Å². The molecule has 0 heterocycles. The zero-order valence-corrected chi connectivity index (χ0v) is 11.2. The number of amidine groups is 1. The number of aliphatic imine (C=N–C) groups is 1. The first kappa shape index (κ1) is 14.3. The normalized spacial score (nSPS) is 11.2. The highest BCUT2D eigenvalue weighted by molar-refractivity contribution is 8.13. The van der Waals surface area contributed by atoms with Crippen LogP contribution in [0.4, 0.5) is 10.1 Å². The van der Waals surface area contributed by atoms with E-state index in [1.807, 2.05) is 13.8 Å². The van der Waals surface area contributed by atoms with Crippen molar-refractivity contribution in [3.8, 4) is 11.9 Å². The molecule has 1 aromatic carbocycles. The molecule has 6 heteroatoms. The Hall–Kier alpha value is -1.74. The van der Waals surface area contributed by atoms with Crippen LogP contribution >= 0.6 is 11.8 Å². The molecule has 4 nitrogen and oxygen atoms in total. The predicted octanol–water partition coefficient (Wildman–Crippen LogP) is 3.03. The Morgan fingerprint density at radius 3 is 2.83 bits per heavy atom. The van der Waals surface area contributed by atoms with Crippen molar-refractivity contribution in [1.82, 2.24) is 5.32 Å². The van der Waals surface area contributed by atoms with E-state index >= 15 is 0 Å². The van der Waals surface area contributed by atoms with Gasteiger partial charge in [0, 0.05) is 0 Å². The molecule has 0 bridgehead atoms. The van der Waals surface area contributed by atoms with E-state index in [0.717, 1.165) is 0 Å². The van der Waals surface area contributed by atoms with Gasteiger partial charge in [0.15, 0.2) is 22.9 Å². The summed E-state index contributed by atoms with van der Waals surface area (Å²) in [6.07, 6.45) is 3.39. The Morgan fingerprint density at radius 1 is 1.56 bits per heavy atom. The summed E-state index contributed by atoms with van der Waals surface area (Å²) in [7, 11) is 0. The average Bonchev–Trinajstić information content (AvgIpc) is 2.32. The summed E-state index contributed by atoms with van der Waals surface area (Å²) in [5, 5.41) is 11.4. The highest BCUT2D eigenvalue weighted by Crippen LogP contribution is 2.31. The number of ether oxygens (including phenoxy) is 1. The summed E-state index contributed by atoms with van der Waals surface area (Å²) in [4.78, 5) is 4.16. The molecule has 0 radical (unpaired) electrons. The van der Waals surface area contributed by atoms with Gasteiger partial charge in [0.1, 0.15) is 5.69 Å². The maximum atomic E-state index is 13.7.